The Kier molecular flexibility index (Phi) is 6.09. The Morgan fingerprint density at radius 1 is 0.871 bits per heavy atom. The van der Waals surface area contributed by atoms with Gasteiger partial charge in [0.15, 0.2) is 0 Å². The third kappa shape index (κ3) is 4.97. The molecular formula is C25H23F3N2O. The van der Waals surface area contributed by atoms with Crippen LogP contribution in [-0.2, 0) is 6.18 Å². The maximum atomic E-state index is 12.9. The van der Waals surface area contributed by atoms with Gasteiger partial charge in [0, 0.05) is 11.3 Å². The van der Waals surface area contributed by atoms with E-state index in [-0.39, 0.29) is 5.91 Å². The van der Waals surface area contributed by atoms with Crippen molar-refractivity contribution in [3.63, 3.8) is 0 Å². The van der Waals surface area contributed by atoms with Crippen molar-refractivity contribution in [1.82, 2.24) is 5.32 Å². The maximum absolute atomic E-state index is 12.9. The lowest BCUT2D eigenvalue weighted by Crippen LogP contribution is -2.26. The first-order chi connectivity index (χ1) is 14.9. The fourth-order valence-corrected chi connectivity index (χ4v) is 3.96. The summed E-state index contributed by atoms with van der Waals surface area (Å²) in [5, 5.41) is 6.26. The number of carbonyl (C=O) groups is 1. The fraction of sp³-hybridized carbons (Fsp3) is 0.240. The number of piperidine rings is 1. The summed E-state index contributed by atoms with van der Waals surface area (Å²) in [6.45, 7) is 2.04. The highest BCUT2D eigenvalue weighted by Gasteiger charge is 2.30. The summed E-state index contributed by atoms with van der Waals surface area (Å²) in [6, 6.07) is 19.6. The molecule has 4 rings (SSSR count). The van der Waals surface area contributed by atoms with Gasteiger partial charge in [-0.15, -0.1) is 0 Å². The predicted molar refractivity (Wildman–Crippen MR) is 116 cm³/mol. The van der Waals surface area contributed by atoms with Gasteiger partial charge < -0.3 is 10.6 Å². The minimum atomic E-state index is -4.39. The molecule has 0 aliphatic carbocycles. The molecule has 6 heteroatoms. The molecule has 3 aromatic rings. The van der Waals surface area contributed by atoms with Crippen molar-refractivity contribution < 1.29 is 18.0 Å². The average molecular weight is 424 g/mol. The van der Waals surface area contributed by atoms with Gasteiger partial charge in [-0.25, -0.2) is 0 Å². The van der Waals surface area contributed by atoms with Gasteiger partial charge in [0.2, 0.25) is 0 Å². The summed E-state index contributed by atoms with van der Waals surface area (Å²) in [5.74, 6) is 0.233. The zero-order valence-corrected chi connectivity index (χ0v) is 16.9. The van der Waals surface area contributed by atoms with Gasteiger partial charge in [-0.3, -0.25) is 4.79 Å². The van der Waals surface area contributed by atoms with Gasteiger partial charge in [-0.2, -0.15) is 13.2 Å². The molecule has 0 saturated carbocycles. The number of amides is 1. The van der Waals surface area contributed by atoms with Crippen LogP contribution < -0.4 is 10.6 Å². The van der Waals surface area contributed by atoms with E-state index in [2.05, 4.69) is 10.6 Å². The molecule has 1 fully saturated rings. The molecule has 3 nitrogen and oxygen atoms in total. The minimum absolute atomic E-state index is 0.301. The lowest BCUT2D eigenvalue weighted by Gasteiger charge is -2.23. The minimum Gasteiger partial charge on any atom is -0.322 e. The van der Waals surface area contributed by atoms with Gasteiger partial charge in [-0.05, 0) is 78.9 Å². The molecule has 31 heavy (non-hydrogen) atoms. The number of halogens is 3. The zero-order valence-electron chi connectivity index (χ0n) is 16.9. The Hall–Kier alpha value is -3.12. The van der Waals surface area contributed by atoms with Gasteiger partial charge >= 0.3 is 6.18 Å². The molecule has 1 amide bonds. The monoisotopic (exact) mass is 424 g/mol. The molecule has 1 aliphatic rings. The van der Waals surface area contributed by atoms with E-state index in [9.17, 15) is 18.0 Å². The van der Waals surface area contributed by atoms with Crippen LogP contribution in [0.1, 0.15) is 40.2 Å². The van der Waals surface area contributed by atoms with Crippen LogP contribution >= 0.6 is 0 Å². The van der Waals surface area contributed by atoms with E-state index in [0.29, 0.717) is 28.3 Å². The van der Waals surface area contributed by atoms with Crippen molar-refractivity contribution in [3.05, 3.63) is 89.5 Å². The normalized spacial score (nSPS) is 14.9. The molecule has 0 bridgehead atoms. The van der Waals surface area contributed by atoms with Crippen molar-refractivity contribution in [2.24, 2.45) is 0 Å². The smallest absolute Gasteiger partial charge is 0.322 e. The van der Waals surface area contributed by atoms with Gasteiger partial charge in [0.05, 0.1) is 5.56 Å². The van der Waals surface area contributed by atoms with Crippen LogP contribution in [0.5, 0.6) is 0 Å². The standard InChI is InChI=1S/C25H23F3N2O/c26-25(27,28)20-9-5-19(6-10-20)22-3-1-2-4-23(22)24(31)30-21-11-7-17(8-12-21)18-13-15-29-16-14-18/h1-12,18,29H,13-16H2,(H,30,31). The highest BCUT2D eigenvalue weighted by atomic mass is 19.4. The maximum Gasteiger partial charge on any atom is 0.416 e. The van der Waals surface area contributed by atoms with Crippen molar-refractivity contribution in [1.29, 1.82) is 0 Å². The topological polar surface area (TPSA) is 41.1 Å². The van der Waals surface area contributed by atoms with Crippen molar-refractivity contribution in [2.75, 3.05) is 18.4 Å². The molecule has 2 N–H and O–H groups in total. The van der Waals surface area contributed by atoms with E-state index < -0.39 is 11.7 Å². The summed E-state index contributed by atoms with van der Waals surface area (Å²) in [6.07, 6.45) is -2.19. The van der Waals surface area contributed by atoms with Gasteiger partial charge in [0.1, 0.15) is 0 Å². The quantitative estimate of drug-likeness (QED) is 0.532. The highest BCUT2D eigenvalue weighted by Crippen LogP contribution is 2.32. The lowest BCUT2D eigenvalue weighted by molar-refractivity contribution is -0.137. The Bertz CT molecular complexity index is 1040. The summed E-state index contributed by atoms with van der Waals surface area (Å²) in [7, 11) is 0. The Morgan fingerprint density at radius 2 is 1.52 bits per heavy atom. The summed E-state index contributed by atoms with van der Waals surface area (Å²) in [5.41, 5.74) is 2.78. The van der Waals surface area contributed by atoms with E-state index in [1.807, 2.05) is 24.3 Å². The first kappa shape index (κ1) is 21.1. The van der Waals surface area contributed by atoms with E-state index in [4.69, 9.17) is 0 Å². The lowest BCUT2D eigenvalue weighted by atomic mass is 9.90. The summed E-state index contributed by atoms with van der Waals surface area (Å²) < 4.78 is 38.6. The highest BCUT2D eigenvalue weighted by molar-refractivity contribution is 6.08. The summed E-state index contributed by atoms with van der Waals surface area (Å²) in [4.78, 5) is 12.9. The molecule has 0 aromatic heterocycles. The number of hydrogen-bond donors (Lipinski definition) is 2. The number of carbonyl (C=O) groups excluding carboxylic acids is 1. The number of rotatable bonds is 4. The Labute approximate surface area is 179 Å². The fourth-order valence-electron chi connectivity index (χ4n) is 3.96. The molecule has 3 aromatic carbocycles. The Morgan fingerprint density at radius 3 is 2.16 bits per heavy atom. The van der Waals surface area contributed by atoms with E-state index in [0.717, 1.165) is 38.1 Å². The second-order valence-electron chi connectivity index (χ2n) is 7.72. The number of benzene rings is 3. The second-order valence-corrected chi connectivity index (χ2v) is 7.72. The molecule has 1 aliphatic heterocycles. The van der Waals surface area contributed by atoms with Crippen LogP contribution in [0.2, 0.25) is 0 Å². The largest absolute Gasteiger partial charge is 0.416 e. The molecule has 0 unspecified atom stereocenters. The van der Waals surface area contributed by atoms with E-state index in [1.54, 1.807) is 24.3 Å². The van der Waals surface area contributed by atoms with Crippen LogP contribution in [-0.4, -0.2) is 19.0 Å². The number of nitrogens with one attached hydrogen (secondary N) is 2. The van der Waals surface area contributed by atoms with Crippen LogP contribution in [0.4, 0.5) is 18.9 Å². The molecule has 0 spiro atoms. The number of alkyl halides is 3. The third-order valence-electron chi connectivity index (χ3n) is 5.67. The van der Waals surface area contributed by atoms with Crippen molar-refractivity contribution >= 4 is 11.6 Å². The molecular weight excluding hydrogens is 401 g/mol. The SMILES string of the molecule is O=C(Nc1ccc(C2CCNCC2)cc1)c1ccccc1-c1ccc(C(F)(F)F)cc1. The third-order valence-corrected chi connectivity index (χ3v) is 5.67. The number of hydrogen-bond acceptors (Lipinski definition) is 2. The molecule has 0 radical (unpaired) electrons. The summed E-state index contributed by atoms with van der Waals surface area (Å²) >= 11 is 0. The van der Waals surface area contributed by atoms with Crippen LogP contribution in [0.25, 0.3) is 11.1 Å². The van der Waals surface area contributed by atoms with Crippen LogP contribution in [0.3, 0.4) is 0 Å². The molecule has 1 saturated heterocycles. The van der Waals surface area contributed by atoms with E-state index in [1.165, 1.54) is 17.7 Å². The van der Waals surface area contributed by atoms with E-state index >= 15 is 0 Å². The molecule has 160 valence electrons. The first-order valence-electron chi connectivity index (χ1n) is 10.3. The van der Waals surface area contributed by atoms with Gasteiger partial charge in [0.25, 0.3) is 5.91 Å². The van der Waals surface area contributed by atoms with Crippen molar-refractivity contribution in [2.45, 2.75) is 24.9 Å². The first-order valence-corrected chi connectivity index (χ1v) is 10.3. The Balaban J connectivity index is 1.52. The second kappa shape index (κ2) is 8.94. The number of anilines is 1. The van der Waals surface area contributed by atoms with Gasteiger partial charge in [-0.1, -0.05) is 42.5 Å². The average Bonchev–Trinajstić information content (AvgIpc) is 2.80. The molecule has 0 atom stereocenters. The predicted octanol–water partition coefficient (Wildman–Crippen LogP) is 6.09. The van der Waals surface area contributed by atoms with Crippen molar-refractivity contribution in [3.8, 4) is 11.1 Å². The zero-order chi connectivity index (χ0) is 21.8. The van der Waals surface area contributed by atoms with Crippen LogP contribution in [0.15, 0.2) is 72.8 Å². The van der Waals surface area contributed by atoms with Crippen LogP contribution in [0, 0.1) is 0 Å². The molecule has 1 heterocycles.